The number of rotatable bonds is 7. The van der Waals surface area contributed by atoms with Crippen LogP contribution in [0.15, 0.2) is 334 Å². The van der Waals surface area contributed by atoms with Gasteiger partial charge in [-0.15, -0.1) is 0 Å². The first-order chi connectivity index (χ1) is 71.7. The zero-order valence-electron chi connectivity index (χ0n) is 87.2. The zero-order valence-corrected chi connectivity index (χ0v) is 84.2. The Labute approximate surface area is 848 Å². The first-order valence-electron chi connectivity index (χ1n) is 51.4. The molecule has 0 fully saturated rings. The highest BCUT2D eigenvalue weighted by molar-refractivity contribution is 5.88. The van der Waals surface area contributed by atoms with Crippen LogP contribution in [0.3, 0.4) is 0 Å². The van der Waals surface area contributed by atoms with E-state index >= 15 is 0 Å². The van der Waals surface area contributed by atoms with Crippen LogP contribution in [-0.2, 0) is 80.8 Å². The molecule has 18 heteroatoms. The summed E-state index contributed by atoms with van der Waals surface area (Å²) in [6, 6.07) is 100. The molecule has 29 rings (SSSR count). The number of benzene rings is 11. The molecule has 18 heterocycles. The lowest BCUT2D eigenvalue weighted by Gasteiger charge is -2.10. The molecule has 12 aromatic heterocycles. The average Bonchev–Trinajstić information content (AvgIpc) is 1.59. The van der Waals surface area contributed by atoms with Crippen LogP contribution >= 0.6 is 0 Å². The normalized spacial score (nSPS) is 13.0. The third-order valence-electron chi connectivity index (χ3n) is 29.6. The molecule has 0 radical (unpaired) electrons. The highest BCUT2D eigenvalue weighted by Gasteiger charge is 2.35. The Kier molecular flexibility index (Phi) is 21.7. The molecular formula is C127H114N18+6. The fourth-order valence-electron chi connectivity index (χ4n) is 22.5. The second kappa shape index (κ2) is 36.3. The van der Waals surface area contributed by atoms with E-state index in [1.165, 1.54) is 173 Å². The highest BCUT2D eigenvalue weighted by Crippen LogP contribution is 2.42. The Balaban J connectivity index is 0.0000000953. The molecule has 706 valence electrons. The molecule has 18 nitrogen and oxygen atoms in total. The maximum absolute atomic E-state index is 7.65. The van der Waals surface area contributed by atoms with Gasteiger partial charge in [-0.25, -0.2) is 48.2 Å². The molecule has 0 N–H and O–H groups in total. The Morgan fingerprint density at radius 3 is 0.890 bits per heavy atom. The van der Waals surface area contributed by atoms with E-state index in [1.807, 2.05) is 38.2 Å². The molecule has 0 amide bonds. The van der Waals surface area contributed by atoms with Crippen LogP contribution in [-0.4, -0.2) is 57.3 Å². The van der Waals surface area contributed by atoms with E-state index in [1.54, 1.807) is 12.1 Å². The molecular weight excluding hydrogens is 1780 g/mol. The maximum Gasteiger partial charge on any atom is 0.214 e. The average molecular weight is 1900 g/mol. The van der Waals surface area contributed by atoms with Gasteiger partial charge < -0.3 is 9.13 Å². The Morgan fingerprint density at radius 1 is 0.234 bits per heavy atom. The fourth-order valence-corrected chi connectivity index (χ4v) is 22.5. The molecule has 6 aliphatic heterocycles. The number of imidazole rings is 6. The van der Waals surface area contributed by atoms with Crippen LogP contribution in [0.25, 0.3) is 180 Å². The summed E-state index contributed by atoms with van der Waals surface area (Å²) in [6.07, 6.45) is 27.1. The van der Waals surface area contributed by atoms with E-state index in [-0.39, 0.29) is 0 Å². The molecule has 0 saturated carbocycles. The highest BCUT2D eigenvalue weighted by atomic mass is 15.2. The summed E-state index contributed by atoms with van der Waals surface area (Å²) >= 11 is 0. The van der Waals surface area contributed by atoms with Crippen molar-refractivity contribution in [1.29, 1.82) is 0 Å². The number of fused-ring (bicyclic) bond motifs is 26. The number of pyridine rings is 6. The van der Waals surface area contributed by atoms with Gasteiger partial charge in [0.2, 0.25) is 34.2 Å². The van der Waals surface area contributed by atoms with E-state index in [4.69, 9.17) is 34.0 Å². The summed E-state index contributed by atoms with van der Waals surface area (Å²) in [5.41, 5.74) is 51.1. The molecule has 23 aromatic rings. The predicted molar refractivity (Wildman–Crippen MR) is 581 cm³/mol. The van der Waals surface area contributed by atoms with Gasteiger partial charge in [-0.3, -0.25) is 18.3 Å². The number of allylic oxidation sites excluding steroid dienone is 2. The van der Waals surface area contributed by atoms with Crippen molar-refractivity contribution in [2.45, 2.75) is 101 Å². The molecule has 6 aliphatic rings. The Morgan fingerprint density at radius 2 is 0.531 bits per heavy atom. The van der Waals surface area contributed by atoms with Crippen molar-refractivity contribution in [2.75, 3.05) is 0 Å². The van der Waals surface area contributed by atoms with Gasteiger partial charge in [-0.05, 0) is 192 Å². The number of aromatic nitrogens is 18. The lowest BCUT2D eigenvalue weighted by molar-refractivity contribution is -0.660. The largest absolute Gasteiger partial charge is 0.303 e. The number of nitrogens with zero attached hydrogens (tertiary/aromatic N) is 18. The van der Waals surface area contributed by atoms with E-state index in [9.17, 15) is 0 Å². The molecule has 0 saturated heterocycles. The minimum Gasteiger partial charge on any atom is -0.303 e. The Hall–Kier alpha value is -17.4. The molecule has 11 aromatic carbocycles. The third-order valence-corrected chi connectivity index (χ3v) is 29.6. The quantitative estimate of drug-likeness (QED) is 0.146. The van der Waals surface area contributed by atoms with Gasteiger partial charge in [0.05, 0.1) is 77.9 Å². The van der Waals surface area contributed by atoms with Crippen molar-refractivity contribution in [3.8, 4) is 101 Å². The van der Waals surface area contributed by atoms with Crippen LogP contribution in [0.4, 0.5) is 0 Å². The van der Waals surface area contributed by atoms with Crippen molar-refractivity contribution in [2.24, 2.45) is 42.3 Å². The van der Waals surface area contributed by atoms with Crippen molar-refractivity contribution in [1.82, 2.24) is 57.3 Å². The summed E-state index contributed by atoms with van der Waals surface area (Å²) in [6.45, 7) is 15.0. The summed E-state index contributed by atoms with van der Waals surface area (Å²) in [5, 5.41) is 0. The minimum absolute atomic E-state index is 0.375. The van der Waals surface area contributed by atoms with Gasteiger partial charge in [0.15, 0.2) is 48.2 Å². The summed E-state index contributed by atoms with van der Waals surface area (Å²) in [4.78, 5) is 28.7. The van der Waals surface area contributed by atoms with E-state index in [0.29, 0.717) is 5.56 Å². The molecule has 0 atom stereocenters. The van der Waals surface area contributed by atoms with Crippen molar-refractivity contribution in [3.63, 3.8) is 0 Å². The second-order valence-corrected chi connectivity index (χ2v) is 39.6. The van der Waals surface area contributed by atoms with E-state index < -0.39 is 6.85 Å². The zero-order chi connectivity index (χ0) is 102. The van der Waals surface area contributed by atoms with Gasteiger partial charge in [0.1, 0.15) is 77.2 Å². The molecule has 0 bridgehead atoms. The number of para-hydroxylation sites is 8. The monoisotopic (exact) mass is 1890 g/mol. The smallest absolute Gasteiger partial charge is 0.214 e. The third kappa shape index (κ3) is 16.2. The predicted octanol–water partition coefficient (Wildman–Crippen LogP) is 23.2. The van der Waals surface area contributed by atoms with E-state index in [0.717, 1.165) is 135 Å². The van der Waals surface area contributed by atoms with Crippen LogP contribution in [0, 0.1) is 62.2 Å². The first-order valence-corrected chi connectivity index (χ1v) is 49.9. The van der Waals surface area contributed by atoms with Gasteiger partial charge >= 0.3 is 0 Å². The second-order valence-electron chi connectivity index (χ2n) is 39.6. The minimum atomic E-state index is -2.09. The first kappa shape index (κ1) is 86.7. The number of aryl methyl sites for hydroxylation is 15. The fraction of sp³-hybridized carbons (Fsp3) is 0.165. The van der Waals surface area contributed by atoms with Crippen molar-refractivity contribution in [3.05, 3.63) is 442 Å². The van der Waals surface area contributed by atoms with Crippen LogP contribution in [0.2, 0.25) is 0 Å². The lowest BCUT2D eigenvalue weighted by Crippen LogP contribution is -2.31. The summed E-state index contributed by atoms with van der Waals surface area (Å²) in [5.74, 6) is 6.70. The summed E-state index contributed by atoms with van der Waals surface area (Å²) in [7, 11) is 12.6. The summed E-state index contributed by atoms with van der Waals surface area (Å²) < 4.78 is 49.7. The van der Waals surface area contributed by atoms with Gasteiger partial charge in [0.25, 0.3) is 0 Å². The van der Waals surface area contributed by atoms with Crippen LogP contribution in [0.1, 0.15) is 111 Å². The molecule has 0 spiro atoms. The topological polar surface area (TPSA) is 130 Å². The van der Waals surface area contributed by atoms with E-state index in [2.05, 4.69) is 449 Å². The van der Waals surface area contributed by atoms with Crippen LogP contribution < -0.4 is 27.4 Å². The van der Waals surface area contributed by atoms with Crippen LogP contribution in [0.5, 0.6) is 0 Å². The standard InChI is InChI=1S/C27H22N3.2C22H20N3.C21H18N3.C18H18N3.C17H16N3/c1-18-12-13-20(19-8-4-3-5-9-19)14-22(18)26-16-25-21(17-29(26)2)15-27-28-23-10-6-7-11-24(23)30(25)27;2*1-14-8-9-17(15(2)10-14)21-12-20-16(13-24(21)3)11-22-23-18-6-4-5-7-19(18)25(20)22;1-14-7-3-4-8-16(14)20-12-19-15(13-23(20)2)11-21-22-17-9-5-6-10-18(17)24(19)21;1-12-6-7-14(13(2)9-12)16-10-17-15(11-20(16)3)19-18-5-4-8-21(17)18;1-12-6-3-4-7-13(12)15-10-16-14(11-19(15)2)18-17-8-5-9-20(16)17/h3-14,16-17H,15H2,1-2H3;2*4-10,12-13H,11H2,1-3H3;3-10,12-13H,11H2,1-2H3;4,6-11H,5H2,1-3H3;3-7,9-11H,8H2,1-2H3/q6*+1/i;1D3;;;;. The van der Waals surface area contributed by atoms with Crippen molar-refractivity contribution >= 4 is 78.6 Å². The maximum atomic E-state index is 7.65. The SMILES string of the molecule is Cc1ccc(-c2cc3c(c[n+]2C)Cc2nc4ccccc4n2-3)c(C)c1.Cc1ccc(-c2cc3c(c[n+]2C)nc2n3C=CC2)c(C)c1.Cc1ccc(-c2ccccc2)cc1-c1cc2c(c[n+]1C)Cc1nc3ccccc3n1-2.Cc1ccccc1-c1cc2c(c[n+]1C)Cc1nc3ccccc3n1-2.Cc1ccccc1-c1cc2c(c[n+]1C)nc1n2C=CC1.[2H]C([2H])([2H])c1ccc(-c2cc3c(c[n+]2C)Cc2nc4ccccc4n2-3)c(C)c1. The number of hydrogen-bond donors (Lipinski definition) is 0. The molecule has 0 unspecified atom stereocenters. The van der Waals surface area contributed by atoms with Crippen molar-refractivity contribution < 1.29 is 31.5 Å². The van der Waals surface area contributed by atoms with Gasteiger partial charge in [-0.1, -0.05) is 193 Å². The number of hydrogen-bond acceptors (Lipinski definition) is 6. The molecule has 0 aliphatic carbocycles. The van der Waals surface area contributed by atoms with Gasteiger partial charge in [0, 0.05) is 147 Å². The molecule has 145 heavy (non-hydrogen) atoms. The van der Waals surface area contributed by atoms with Gasteiger partial charge in [-0.2, -0.15) is 9.13 Å². The lowest BCUT2D eigenvalue weighted by atomic mass is 9.97. The Bertz CT molecular complexity index is 9480.